The molecule has 7 heteroatoms. The number of nitriles is 1. The molecule has 0 aliphatic heterocycles. The Balaban J connectivity index is 1.87. The lowest BCUT2D eigenvalue weighted by molar-refractivity contribution is -0.112. The second-order valence-electron chi connectivity index (χ2n) is 6.60. The maximum atomic E-state index is 12.7. The van der Waals surface area contributed by atoms with E-state index in [4.69, 9.17) is 16.3 Å². The Kier molecular flexibility index (Phi) is 7.91. The van der Waals surface area contributed by atoms with Crippen molar-refractivity contribution in [2.45, 2.75) is 13.5 Å². The molecule has 0 fully saturated rings. The van der Waals surface area contributed by atoms with E-state index in [1.165, 1.54) is 6.08 Å². The minimum Gasteiger partial charge on any atom is -0.488 e. The maximum absolute atomic E-state index is 12.7. The lowest BCUT2D eigenvalue weighted by atomic mass is 10.1. The van der Waals surface area contributed by atoms with Crippen LogP contribution in [0.4, 0.5) is 5.69 Å². The quantitative estimate of drug-likeness (QED) is 0.254. The molecule has 4 nitrogen and oxygen atoms in total. The van der Waals surface area contributed by atoms with E-state index in [9.17, 15) is 10.1 Å². The SMILES string of the molecule is Cc1c(Cl)cccc1NC(=O)/C(C#N)=C/c1cc(Br)ccc1OCc1ccccc1Br. The molecule has 156 valence electrons. The monoisotopic (exact) mass is 558 g/mol. The van der Waals surface area contributed by atoms with Crippen LogP contribution in [0.15, 0.2) is 75.2 Å². The van der Waals surface area contributed by atoms with Gasteiger partial charge < -0.3 is 10.1 Å². The maximum Gasteiger partial charge on any atom is 0.266 e. The average molecular weight is 561 g/mol. The van der Waals surface area contributed by atoms with Gasteiger partial charge in [0.25, 0.3) is 5.91 Å². The third-order valence-electron chi connectivity index (χ3n) is 4.49. The van der Waals surface area contributed by atoms with Gasteiger partial charge in [0.1, 0.15) is 24.0 Å². The zero-order valence-corrected chi connectivity index (χ0v) is 20.4. The Bertz CT molecular complexity index is 1200. The molecule has 0 radical (unpaired) electrons. The summed E-state index contributed by atoms with van der Waals surface area (Å²) < 4.78 is 7.73. The molecule has 0 spiro atoms. The van der Waals surface area contributed by atoms with E-state index in [1.807, 2.05) is 36.4 Å². The van der Waals surface area contributed by atoms with Gasteiger partial charge in [-0.2, -0.15) is 5.26 Å². The second kappa shape index (κ2) is 10.6. The fourth-order valence-corrected chi connectivity index (χ4v) is 3.72. The van der Waals surface area contributed by atoms with E-state index in [0.717, 1.165) is 20.1 Å². The highest BCUT2D eigenvalue weighted by Crippen LogP contribution is 2.28. The number of hydrogen-bond acceptors (Lipinski definition) is 3. The van der Waals surface area contributed by atoms with Crippen molar-refractivity contribution in [3.05, 3.63) is 96.9 Å². The number of ether oxygens (including phenoxy) is 1. The molecule has 0 saturated heterocycles. The average Bonchev–Trinajstić information content (AvgIpc) is 2.75. The van der Waals surface area contributed by atoms with Crippen LogP contribution in [-0.4, -0.2) is 5.91 Å². The van der Waals surface area contributed by atoms with Crippen LogP contribution in [-0.2, 0) is 11.4 Å². The van der Waals surface area contributed by atoms with Crippen molar-refractivity contribution in [3.8, 4) is 11.8 Å². The summed E-state index contributed by atoms with van der Waals surface area (Å²) in [6.45, 7) is 2.13. The Labute approximate surface area is 202 Å². The van der Waals surface area contributed by atoms with Crippen LogP contribution >= 0.6 is 43.5 Å². The van der Waals surface area contributed by atoms with Crippen LogP contribution in [0.5, 0.6) is 5.75 Å². The summed E-state index contributed by atoms with van der Waals surface area (Å²) in [7, 11) is 0. The molecule has 31 heavy (non-hydrogen) atoms. The van der Waals surface area contributed by atoms with E-state index < -0.39 is 5.91 Å². The number of anilines is 1. The number of rotatable bonds is 6. The highest BCUT2D eigenvalue weighted by atomic mass is 79.9. The highest BCUT2D eigenvalue weighted by Gasteiger charge is 2.14. The van der Waals surface area contributed by atoms with E-state index in [0.29, 0.717) is 28.6 Å². The lowest BCUT2D eigenvalue weighted by Crippen LogP contribution is -2.14. The van der Waals surface area contributed by atoms with Crippen molar-refractivity contribution in [3.63, 3.8) is 0 Å². The summed E-state index contributed by atoms with van der Waals surface area (Å²) in [6.07, 6.45) is 1.51. The van der Waals surface area contributed by atoms with E-state index in [1.54, 1.807) is 37.3 Å². The smallest absolute Gasteiger partial charge is 0.266 e. The number of halogens is 3. The topological polar surface area (TPSA) is 62.1 Å². The predicted octanol–water partition coefficient (Wildman–Crippen LogP) is 7.30. The molecule has 3 rings (SSSR count). The molecule has 0 bridgehead atoms. The minimum atomic E-state index is -0.524. The number of nitrogens with one attached hydrogen (secondary N) is 1. The molecule has 0 unspecified atom stereocenters. The molecular weight excluding hydrogens is 544 g/mol. The first-order valence-electron chi connectivity index (χ1n) is 9.23. The number of carbonyl (C=O) groups is 1. The molecule has 1 N–H and O–H groups in total. The van der Waals surface area contributed by atoms with Crippen molar-refractivity contribution in [2.75, 3.05) is 5.32 Å². The van der Waals surface area contributed by atoms with Gasteiger partial charge in [-0.15, -0.1) is 0 Å². The van der Waals surface area contributed by atoms with Gasteiger partial charge in [0.15, 0.2) is 0 Å². The van der Waals surface area contributed by atoms with Crippen molar-refractivity contribution in [1.82, 2.24) is 0 Å². The zero-order valence-electron chi connectivity index (χ0n) is 16.5. The van der Waals surface area contributed by atoms with Crippen LogP contribution in [0, 0.1) is 18.3 Å². The number of benzene rings is 3. The van der Waals surface area contributed by atoms with Crippen LogP contribution in [0.1, 0.15) is 16.7 Å². The third kappa shape index (κ3) is 5.98. The summed E-state index contributed by atoms with van der Waals surface area (Å²) in [5, 5.41) is 12.9. The number of carbonyl (C=O) groups excluding carboxylic acids is 1. The van der Waals surface area contributed by atoms with Crippen LogP contribution in [0.2, 0.25) is 5.02 Å². The normalized spacial score (nSPS) is 11.0. The van der Waals surface area contributed by atoms with Gasteiger partial charge in [0.2, 0.25) is 0 Å². The predicted molar refractivity (Wildman–Crippen MR) is 131 cm³/mol. The third-order valence-corrected chi connectivity index (χ3v) is 6.17. The van der Waals surface area contributed by atoms with E-state index >= 15 is 0 Å². The summed E-state index contributed by atoms with van der Waals surface area (Å²) in [6, 6.07) is 20.4. The molecule has 0 aliphatic carbocycles. The van der Waals surface area contributed by atoms with E-state index in [-0.39, 0.29) is 5.57 Å². The second-order valence-corrected chi connectivity index (χ2v) is 8.78. The fraction of sp³-hybridized carbons (Fsp3) is 0.0833. The first-order valence-corrected chi connectivity index (χ1v) is 11.2. The summed E-state index contributed by atoms with van der Waals surface area (Å²) in [5.74, 6) is 0.0306. The lowest BCUT2D eigenvalue weighted by Gasteiger charge is -2.12. The number of nitrogens with zero attached hydrogens (tertiary/aromatic N) is 1. The van der Waals surface area contributed by atoms with Gasteiger partial charge in [-0.3, -0.25) is 4.79 Å². The van der Waals surface area contributed by atoms with Crippen LogP contribution in [0.3, 0.4) is 0 Å². The number of amides is 1. The minimum absolute atomic E-state index is 0.0526. The van der Waals surface area contributed by atoms with Crippen molar-refractivity contribution < 1.29 is 9.53 Å². The largest absolute Gasteiger partial charge is 0.488 e. The Hall–Kier alpha value is -2.59. The molecule has 0 atom stereocenters. The zero-order chi connectivity index (χ0) is 22.4. The Morgan fingerprint density at radius 3 is 2.68 bits per heavy atom. The number of hydrogen-bond donors (Lipinski definition) is 1. The van der Waals surface area contributed by atoms with Gasteiger partial charge in [-0.05, 0) is 55.0 Å². The standard InChI is InChI=1S/C24H17Br2ClN2O2/c1-15-21(27)7-4-8-22(15)29-24(30)18(13-28)11-17-12-19(25)9-10-23(17)31-14-16-5-2-3-6-20(16)26/h2-12H,14H2,1H3,(H,29,30)/b18-11+. The molecule has 0 aliphatic rings. The van der Waals surface area contributed by atoms with Gasteiger partial charge in [-0.1, -0.05) is 67.7 Å². The summed E-state index contributed by atoms with van der Waals surface area (Å²) in [4.78, 5) is 12.7. The Morgan fingerprint density at radius 2 is 1.94 bits per heavy atom. The van der Waals surface area contributed by atoms with Crippen LogP contribution < -0.4 is 10.1 Å². The van der Waals surface area contributed by atoms with Gasteiger partial charge in [0, 0.05) is 30.8 Å². The Morgan fingerprint density at radius 1 is 1.16 bits per heavy atom. The molecule has 3 aromatic rings. The fourth-order valence-electron chi connectivity index (χ4n) is 2.77. The first kappa shape index (κ1) is 23.1. The van der Waals surface area contributed by atoms with E-state index in [2.05, 4.69) is 37.2 Å². The van der Waals surface area contributed by atoms with Crippen molar-refractivity contribution in [1.29, 1.82) is 5.26 Å². The van der Waals surface area contributed by atoms with Crippen molar-refractivity contribution in [2.24, 2.45) is 0 Å². The van der Waals surface area contributed by atoms with Gasteiger partial charge in [-0.25, -0.2) is 0 Å². The summed E-state index contributed by atoms with van der Waals surface area (Å²) >= 11 is 13.1. The highest BCUT2D eigenvalue weighted by molar-refractivity contribution is 9.10. The molecule has 0 heterocycles. The summed E-state index contributed by atoms with van der Waals surface area (Å²) in [5.41, 5.74) is 2.82. The molecule has 1 amide bonds. The van der Waals surface area contributed by atoms with Crippen molar-refractivity contribution >= 4 is 61.1 Å². The molecular formula is C24H17Br2ClN2O2. The molecule has 0 aromatic heterocycles. The first-order chi connectivity index (χ1) is 14.9. The van der Waals surface area contributed by atoms with Crippen LogP contribution in [0.25, 0.3) is 6.08 Å². The van der Waals surface area contributed by atoms with Gasteiger partial charge in [0.05, 0.1) is 0 Å². The molecule has 0 saturated carbocycles. The molecule has 3 aromatic carbocycles. The van der Waals surface area contributed by atoms with Gasteiger partial charge >= 0.3 is 0 Å².